The summed E-state index contributed by atoms with van der Waals surface area (Å²) in [5.74, 6) is 0.195. The predicted molar refractivity (Wildman–Crippen MR) is 59.8 cm³/mol. The van der Waals surface area contributed by atoms with Crippen molar-refractivity contribution in [2.24, 2.45) is 0 Å². The molecule has 0 saturated carbocycles. The Morgan fingerprint density at radius 2 is 2.31 bits per heavy atom. The van der Waals surface area contributed by atoms with E-state index in [1.54, 1.807) is 13.0 Å². The number of benzene rings is 1. The van der Waals surface area contributed by atoms with E-state index < -0.39 is 11.0 Å². The Balaban J connectivity index is 2.86. The summed E-state index contributed by atoms with van der Waals surface area (Å²) in [6.45, 7) is 2.02. The predicted octanol–water partition coefficient (Wildman–Crippen LogP) is 1.40. The first-order valence-electron chi connectivity index (χ1n) is 4.79. The SMILES string of the molecule is COc1cc(NC[C@H](C)O)ccc1[N+](=O)[O-]. The van der Waals surface area contributed by atoms with Crippen molar-refractivity contribution < 1.29 is 14.8 Å². The highest BCUT2D eigenvalue weighted by atomic mass is 16.6. The summed E-state index contributed by atoms with van der Waals surface area (Å²) >= 11 is 0. The standard InChI is InChI=1S/C10H14N2O4/c1-7(13)6-11-8-3-4-9(12(14)15)10(5-8)16-2/h3-5,7,11,13H,6H2,1-2H3/t7-/m0/s1. The van der Waals surface area contributed by atoms with Crippen LogP contribution < -0.4 is 10.1 Å². The van der Waals surface area contributed by atoms with Crippen LogP contribution in [-0.2, 0) is 0 Å². The van der Waals surface area contributed by atoms with Gasteiger partial charge in [0.2, 0.25) is 0 Å². The second-order valence-corrected chi connectivity index (χ2v) is 3.37. The fourth-order valence-electron chi connectivity index (χ4n) is 1.20. The molecule has 0 spiro atoms. The van der Waals surface area contributed by atoms with E-state index in [1.165, 1.54) is 19.2 Å². The van der Waals surface area contributed by atoms with Gasteiger partial charge in [-0.15, -0.1) is 0 Å². The molecule has 1 rings (SSSR count). The normalized spacial score (nSPS) is 11.9. The van der Waals surface area contributed by atoms with Crippen LogP contribution in [0, 0.1) is 10.1 Å². The van der Waals surface area contributed by atoms with Gasteiger partial charge in [0.05, 0.1) is 18.1 Å². The number of anilines is 1. The Morgan fingerprint density at radius 3 is 2.81 bits per heavy atom. The molecule has 0 aliphatic rings. The molecule has 6 heteroatoms. The highest BCUT2D eigenvalue weighted by Gasteiger charge is 2.14. The van der Waals surface area contributed by atoms with E-state index in [4.69, 9.17) is 9.84 Å². The Morgan fingerprint density at radius 1 is 1.62 bits per heavy atom. The third-order valence-corrected chi connectivity index (χ3v) is 1.98. The van der Waals surface area contributed by atoms with Crippen molar-refractivity contribution in [2.45, 2.75) is 13.0 Å². The number of rotatable bonds is 5. The van der Waals surface area contributed by atoms with E-state index in [0.29, 0.717) is 12.2 Å². The van der Waals surface area contributed by atoms with Gasteiger partial charge in [0.1, 0.15) is 0 Å². The van der Waals surface area contributed by atoms with Crippen molar-refractivity contribution in [3.63, 3.8) is 0 Å². The molecule has 0 radical (unpaired) electrons. The van der Waals surface area contributed by atoms with Crippen molar-refractivity contribution in [1.29, 1.82) is 0 Å². The third-order valence-electron chi connectivity index (χ3n) is 1.98. The second-order valence-electron chi connectivity index (χ2n) is 3.37. The minimum absolute atomic E-state index is 0.0786. The van der Waals surface area contributed by atoms with Gasteiger partial charge in [-0.1, -0.05) is 0 Å². The average molecular weight is 226 g/mol. The highest BCUT2D eigenvalue weighted by Crippen LogP contribution is 2.29. The van der Waals surface area contributed by atoms with E-state index in [0.717, 1.165) is 0 Å². The first-order valence-corrected chi connectivity index (χ1v) is 4.79. The second kappa shape index (κ2) is 5.32. The highest BCUT2D eigenvalue weighted by molar-refractivity contribution is 5.57. The molecule has 0 bridgehead atoms. The molecule has 0 saturated heterocycles. The van der Waals surface area contributed by atoms with Gasteiger partial charge in [0.25, 0.3) is 0 Å². The molecule has 0 aliphatic heterocycles. The van der Waals surface area contributed by atoms with Gasteiger partial charge in [0, 0.05) is 24.4 Å². The molecule has 6 nitrogen and oxygen atoms in total. The molecule has 16 heavy (non-hydrogen) atoms. The molecule has 2 N–H and O–H groups in total. The molecule has 0 unspecified atom stereocenters. The number of methoxy groups -OCH3 is 1. The molecule has 0 fully saturated rings. The molecule has 1 atom stereocenters. The lowest BCUT2D eigenvalue weighted by Crippen LogP contribution is -2.15. The van der Waals surface area contributed by atoms with Crippen molar-refractivity contribution in [1.82, 2.24) is 0 Å². The zero-order valence-corrected chi connectivity index (χ0v) is 9.14. The van der Waals surface area contributed by atoms with E-state index in [2.05, 4.69) is 5.32 Å². The smallest absolute Gasteiger partial charge is 0.311 e. The number of ether oxygens (including phenoxy) is 1. The topological polar surface area (TPSA) is 84.6 Å². The van der Waals surface area contributed by atoms with Gasteiger partial charge in [0.15, 0.2) is 5.75 Å². The van der Waals surface area contributed by atoms with Crippen LogP contribution in [-0.4, -0.2) is 29.8 Å². The van der Waals surface area contributed by atoms with Gasteiger partial charge in [-0.2, -0.15) is 0 Å². The molecular formula is C10H14N2O4. The van der Waals surface area contributed by atoms with Crippen molar-refractivity contribution >= 4 is 11.4 Å². The van der Waals surface area contributed by atoms with Crippen LogP contribution in [0.5, 0.6) is 5.75 Å². The maximum atomic E-state index is 10.6. The number of aliphatic hydroxyl groups is 1. The Kier molecular flexibility index (Phi) is 4.07. The van der Waals surface area contributed by atoms with Gasteiger partial charge in [-0.25, -0.2) is 0 Å². The van der Waals surface area contributed by atoms with Crippen LogP contribution in [0.1, 0.15) is 6.92 Å². The summed E-state index contributed by atoms with van der Waals surface area (Å²) in [5.41, 5.74) is 0.591. The van der Waals surface area contributed by atoms with E-state index in [9.17, 15) is 10.1 Å². The van der Waals surface area contributed by atoms with Gasteiger partial charge < -0.3 is 15.2 Å². The lowest BCUT2D eigenvalue weighted by atomic mass is 10.2. The average Bonchev–Trinajstić information content (AvgIpc) is 2.25. The van der Waals surface area contributed by atoms with Crippen LogP contribution in [0.4, 0.5) is 11.4 Å². The number of aliphatic hydroxyl groups excluding tert-OH is 1. The van der Waals surface area contributed by atoms with Gasteiger partial charge in [-0.3, -0.25) is 10.1 Å². The maximum absolute atomic E-state index is 10.6. The molecular weight excluding hydrogens is 212 g/mol. The fraction of sp³-hybridized carbons (Fsp3) is 0.400. The van der Waals surface area contributed by atoms with Crippen LogP contribution in [0.15, 0.2) is 18.2 Å². The van der Waals surface area contributed by atoms with Crippen LogP contribution in [0.25, 0.3) is 0 Å². The minimum atomic E-state index is -0.503. The zero-order chi connectivity index (χ0) is 12.1. The third kappa shape index (κ3) is 3.09. The van der Waals surface area contributed by atoms with Crippen LogP contribution >= 0.6 is 0 Å². The largest absolute Gasteiger partial charge is 0.490 e. The molecule has 0 aliphatic carbocycles. The molecule has 0 aromatic heterocycles. The minimum Gasteiger partial charge on any atom is -0.490 e. The Labute approximate surface area is 93.0 Å². The molecule has 1 aromatic carbocycles. The fourth-order valence-corrected chi connectivity index (χ4v) is 1.20. The maximum Gasteiger partial charge on any atom is 0.311 e. The number of hydrogen-bond acceptors (Lipinski definition) is 5. The number of nitro benzene ring substituents is 1. The van der Waals surface area contributed by atoms with Gasteiger partial charge in [-0.05, 0) is 13.0 Å². The number of nitrogens with zero attached hydrogens (tertiary/aromatic N) is 1. The first-order chi connectivity index (χ1) is 7.54. The summed E-state index contributed by atoms with van der Waals surface area (Å²) in [6.07, 6.45) is -0.485. The summed E-state index contributed by atoms with van der Waals surface area (Å²) in [4.78, 5) is 10.1. The van der Waals surface area contributed by atoms with Crippen molar-refractivity contribution in [2.75, 3.05) is 19.0 Å². The Hall–Kier alpha value is -1.82. The summed E-state index contributed by atoms with van der Waals surface area (Å²) in [7, 11) is 1.38. The summed E-state index contributed by atoms with van der Waals surface area (Å²) in [6, 6.07) is 4.47. The number of nitro groups is 1. The molecule has 1 aromatic rings. The van der Waals surface area contributed by atoms with Crippen LogP contribution in [0.3, 0.4) is 0 Å². The Bertz CT molecular complexity index is 379. The lowest BCUT2D eigenvalue weighted by Gasteiger charge is -2.09. The van der Waals surface area contributed by atoms with Crippen LogP contribution in [0.2, 0.25) is 0 Å². The zero-order valence-electron chi connectivity index (χ0n) is 9.14. The summed E-state index contributed by atoms with van der Waals surface area (Å²) < 4.78 is 4.91. The quantitative estimate of drug-likeness (QED) is 0.585. The molecule has 0 heterocycles. The van der Waals surface area contributed by atoms with E-state index >= 15 is 0 Å². The van der Waals surface area contributed by atoms with Crippen molar-refractivity contribution in [3.8, 4) is 5.75 Å². The number of nitrogens with one attached hydrogen (secondary N) is 1. The molecule has 88 valence electrons. The molecule has 0 amide bonds. The monoisotopic (exact) mass is 226 g/mol. The lowest BCUT2D eigenvalue weighted by molar-refractivity contribution is -0.385. The number of hydrogen-bond donors (Lipinski definition) is 2. The van der Waals surface area contributed by atoms with Crippen molar-refractivity contribution in [3.05, 3.63) is 28.3 Å². The first kappa shape index (κ1) is 12.3. The summed E-state index contributed by atoms with van der Waals surface area (Å²) in [5, 5.41) is 22.6. The van der Waals surface area contributed by atoms with E-state index in [1.807, 2.05) is 0 Å². The van der Waals surface area contributed by atoms with Gasteiger partial charge >= 0.3 is 5.69 Å². The van der Waals surface area contributed by atoms with E-state index in [-0.39, 0.29) is 11.4 Å².